The van der Waals surface area contributed by atoms with Crippen LogP contribution in [0.25, 0.3) is 21.2 Å². The number of carboxylic acid groups (broad SMARTS) is 1. The fraction of sp³-hybridized carbons (Fsp3) is 0.476. The predicted octanol–water partition coefficient (Wildman–Crippen LogP) is 6.76. The van der Waals surface area contributed by atoms with Gasteiger partial charge in [-0.3, -0.25) is 4.79 Å². The molecule has 0 bridgehead atoms. The van der Waals surface area contributed by atoms with E-state index >= 15 is 0 Å². The number of nitrogens with zero attached hydrogens (tertiary/aromatic N) is 3. The summed E-state index contributed by atoms with van der Waals surface area (Å²) in [5.74, 6) is 0.121. The molecule has 2 rings (SSSR count). The number of aliphatic carboxylic acids is 1. The van der Waals surface area contributed by atoms with Gasteiger partial charge in [0.25, 0.3) is 0 Å². The Morgan fingerprint density at radius 3 is 2.26 bits per heavy atom. The first kappa shape index (κ1) is 20.6. The van der Waals surface area contributed by atoms with Crippen molar-refractivity contribution in [3.63, 3.8) is 0 Å². The summed E-state index contributed by atoms with van der Waals surface area (Å²) in [5.41, 5.74) is 9.29. The Kier molecular flexibility index (Phi) is 9.01. The summed E-state index contributed by atoms with van der Waals surface area (Å²) >= 11 is 0. The van der Waals surface area contributed by atoms with E-state index in [0.29, 0.717) is 12.3 Å². The van der Waals surface area contributed by atoms with E-state index in [9.17, 15) is 4.79 Å². The van der Waals surface area contributed by atoms with Gasteiger partial charge in [0, 0.05) is 22.4 Å². The van der Waals surface area contributed by atoms with Gasteiger partial charge in [0.2, 0.25) is 0 Å². The molecule has 1 N–H and O–H groups in total. The Bertz CT molecular complexity index is 785. The van der Waals surface area contributed by atoms with E-state index in [1.807, 2.05) is 30.3 Å². The summed E-state index contributed by atoms with van der Waals surface area (Å²) in [6.45, 7) is 0.670. The van der Waals surface area contributed by atoms with E-state index in [4.69, 9.17) is 15.4 Å². The van der Waals surface area contributed by atoms with E-state index in [0.717, 1.165) is 48.6 Å². The number of rotatable bonds is 13. The molecular formula is C21H27N3O3. The molecule has 0 aliphatic heterocycles. The standard InChI is InChI=1S/C21H27N3O3/c22-24-23-19-13-9-12-18-17(19)11-10-14-20(18)27-16-8-6-4-2-1-3-5-7-15-21(25)26/h9-14H,1-8,15-16H2,(H,25,26). The van der Waals surface area contributed by atoms with Crippen LogP contribution >= 0.6 is 0 Å². The molecule has 0 aliphatic rings. The fourth-order valence-corrected chi connectivity index (χ4v) is 3.15. The van der Waals surface area contributed by atoms with Gasteiger partial charge in [0.15, 0.2) is 0 Å². The van der Waals surface area contributed by atoms with Crippen molar-refractivity contribution < 1.29 is 14.6 Å². The molecule has 6 heteroatoms. The third-order valence-electron chi connectivity index (χ3n) is 4.55. The van der Waals surface area contributed by atoms with Crippen LogP contribution < -0.4 is 4.74 Å². The summed E-state index contributed by atoms with van der Waals surface area (Å²) in [6, 6.07) is 11.4. The molecule has 2 aromatic rings. The Hall–Kier alpha value is -2.72. The maximum absolute atomic E-state index is 10.4. The summed E-state index contributed by atoms with van der Waals surface area (Å²) in [5, 5.41) is 14.2. The van der Waals surface area contributed by atoms with E-state index in [-0.39, 0.29) is 6.42 Å². The fourth-order valence-electron chi connectivity index (χ4n) is 3.15. The second-order valence-corrected chi connectivity index (χ2v) is 6.64. The van der Waals surface area contributed by atoms with Gasteiger partial charge < -0.3 is 9.84 Å². The average Bonchev–Trinajstić information content (AvgIpc) is 2.66. The number of fused-ring (bicyclic) bond motifs is 1. The van der Waals surface area contributed by atoms with Crippen LogP contribution in [0.4, 0.5) is 5.69 Å². The van der Waals surface area contributed by atoms with Crippen molar-refractivity contribution in [2.75, 3.05) is 6.61 Å². The van der Waals surface area contributed by atoms with Crippen LogP contribution in [0, 0.1) is 0 Å². The normalized spacial score (nSPS) is 10.5. The molecule has 0 saturated carbocycles. The van der Waals surface area contributed by atoms with Crippen molar-refractivity contribution in [3.8, 4) is 5.75 Å². The van der Waals surface area contributed by atoms with Crippen LogP contribution in [0.3, 0.4) is 0 Å². The highest BCUT2D eigenvalue weighted by Gasteiger charge is 2.05. The van der Waals surface area contributed by atoms with Gasteiger partial charge in [-0.2, -0.15) is 0 Å². The lowest BCUT2D eigenvalue weighted by molar-refractivity contribution is -0.137. The summed E-state index contributed by atoms with van der Waals surface area (Å²) in [6.07, 6.45) is 8.88. The second-order valence-electron chi connectivity index (χ2n) is 6.64. The SMILES string of the molecule is [N-]=[N+]=Nc1cccc2c(OCCCCCCCCCCC(=O)O)cccc12. The predicted molar refractivity (Wildman–Crippen MR) is 107 cm³/mol. The van der Waals surface area contributed by atoms with E-state index in [2.05, 4.69) is 10.0 Å². The van der Waals surface area contributed by atoms with Gasteiger partial charge in [-0.15, -0.1) is 0 Å². The molecule has 0 aliphatic carbocycles. The van der Waals surface area contributed by atoms with Gasteiger partial charge in [0.1, 0.15) is 5.75 Å². The van der Waals surface area contributed by atoms with Crippen molar-refractivity contribution in [3.05, 3.63) is 46.8 Å². The molecule has 0 aromatic heterocycles. The van der Waals surface area contributed by atoms with Crippen molar-refractivity contribution in [2.24, 2.45) is 5.11 Å². The number of hydrogen-bond acceptors (Lipinski definition) is 3. The third-order valence-corrected chi connectivity index (χ3v) is 4.55. The van der Waals surface area contributed by atoms with Crippen molar-refractivity contribution in [1.82, 2.24) is 0 Å². The van der Waals surface area contributed by atoms with E-state index in [1.54, 1.807) is 6.07 Å². The lowest BCUT2D eigenvalue weighted by Crippen LogP contribution is -1.98. The minimum Gasteiger partial charge on any atom is -0.493 e. The largest absolute Gasteiger partial charge is 0.493 e. The van der Waals surface area contributed by atoms with Crippen molar-refractivity contribution in [2.45, 2.75) is 57.8 Å². The number of unbranched alkanes of at least 4 members (excludes halogenated alkanes) is 7. The molecule has 0 radical (unpaired) electrons. The number of carboxylic acids is 1. The quantitative estimate of drug-likeness (QED) is 0.183. The lowest BCUT2D eigenvalue weighted by atomic mass is 10.1. The van der Waals surface area contributed by atoms with Crippen LogP contribution in [-0.2, 0) is 4.79 Å². The maximum Gasteiger partial charge on any atom is 0.303 e. The van der Waals surface area contributed by atoms with Gasteiger partial charge >= 0.3 is 5.97 Å². The molecule has 2 aromatic carbocycles. The van der Waals surface area contributed by atoms with Gasteiger partial charge in [-0.1, -0.05) is 74.0 Å². The number of carbonyl (C=O) groups is 1. The molecule has 0 fully saturated rings. The molecule has 144 valence electrons. The monoisotopic (exact) mass is 369 g/mol. The zero-order chi connectivity index (χ0) is 19.3. The number of benzene rings is 2. The Labute approximate surface area is 159 Å². The number of ether oxygens (including phenoxy) is 1. The van der Waals surface area contributed by atoms with Crippen LogP contribution in [-0.4, -0.2) is 17.7 Å². The molecule has 27 heavy (non-hydrogen) atoms. The molecule has 0 saturated heterocycles. The van der Waals surface area contributed by atoms with Crippen molar-refractivity contribution in [1.29, 1.82) is 0 Å². The summed E-state index contributed by atoms with van der Waals surface area (Å²) in [7, 11) is 0. The summed E-state index contributed by atoms with van der Waals surface area (Å²) < 4.78 is 5.94. The second kappa shape index (κ2) is 11.8. The average molecular weight is 369 g/mol. The molecule has 0 heterocycles. The van der Waals surface area contributed by atoms with Crippen LogP contribution in [0.1, 0.15) is 57.8 Å². The molecular weight excluding hydrogens is 342 g/mol. The van der Waals surface area contributed by atoms with Crippen LogP contribution in [0.15, 0.2) is 41.5 Å². The lowest BCUT2D eigenvalue weighted by Gasteiger charge is -2.10. The number of azide groups is 1. The van der Waals surface area contributed by atoms with Gasteiger partial charge in [-0.05, 0) is 29.8 Å². The number of hydrogen-bond donors (Lipinski definition) is 1. The zero-order valence-electron chi connectivity index (χ0n) is 15.6. The first-order chi connectivity index (χ1) is 13.2. The highest BCUT2D eigenvalue weighted by atomic mass is 16.5. The van der Waals surface area contributed by atoms with Crippen LogP contribution in [0.2, 0.25) is 0 Å². The highest BCUT2D eigenvalue weighted by Crippen LogP contribution is 2.32. The van der Waals surface area contributed by atoms with Crippen LogP contribution in [0.5, 0.6) is 5.75 Å². The minimum absolute atomic E-state index is 0.288. The molecule has 6 nitrogen and oxygen atoms in total. The Morgan fingerprint density at radius 1 is 0.926 bits per heavy atom. The van der Waals surface area contributed by atoms with E-state index in [1.165, 1.54) is 19.3 Å². The first-order valence-electron chi connectivity index (χ1n) is 9.64. The first-order valence-corrected chi connectivity index (χ1v) is 9.64. The van der Waals surface area contributed by atoms with Gasteiger partial charge in [0.05, 0.1) is 6.61 Å². The topological polar surface area (TPSA) is 95.3 Å². The minimum atomic E-state index is -0.699. The molecule has 0 unspecified atom stereocenters. The molecule has 0 amide bonds. The van der Waals surface area contributed by atoms with Crippen molar-refractivity contribution >= 4 is 22.4 Å². The third kappa shape index (κ3) is 7.19. The zero-order valence-corrected chi connectivity index (χ0v) is 15.6. The highest BCUT2D eigenvalue weighted by molar-refractivity contribution is 5.96. The molecule has 0 spiro atoms. The van der Waals surface area contributed by atoms with Gasteiger partial charge in [-0.25, -0.2) is 0 Å². The van der Waals surface area contributed by atoms with E-state index < -0.39 is 5.97 Å². The Morgan fingerprint density at radius 2 is 1.56 bits per heavy atom. The Balaban J connectivity index is 1.66. The maximum atomic E-state index is 10.4. The molecule has 0 atom stereocenters. The summed E-state index contributed by atoms with van der Waals surface area (Å²) in [4.78, 5) is 13.3. The smallest absolute Gasteiger partial charge is 0.303 e.